The predicted octanol–water partition coefficient (Wildman–Crippen LogP) is 2.17. The van der Waals surface area contributed by atoms with E-state index in [1.165, 1.54) is 6.20 Å². The van der Waals surface area contributed by atoms with E-state index in [1.54, 1.807) is 24.1 Å². The summed E-state index contributed by atoms with van der Waals surface area (Å²) in [5, 5.41) is 9.25. The van der Waals surface area contributed by atoms with Crippen LogP contribution in [0.3, 0.4) is 0 Å². The molecule has 1 aromatic heterocycles. The van der Waals surface area contributed by atoms with Gasteiger partial charge in [-0.1, -0.05) is 0 Å². The first-order valence-corrected chi connectivity index (χ1v) is 6.85. The quantitative estimate of drug-likeness (QED) is 0.904. The van der Waals surface area contributed by atoms with E-state index in [9.17, 15) is 14.7 Å². The van der Waals surface area contributed by atoms with Crippen LogP contribution in [0.4, 0.5) is 0 Å². The highest BCUT2D eigenvalue weighted by atomic mass is 79.9. The fourth-order valence-electron chi connectivity index (χ4n) is 2.30. The van der Waals surface area contributed by atoms with Gasteiger partial charge in [0.25, 0.3) is 5.91 Å². The lowest BCUT2D eigenvalue weighted by Crippen LogP contribution is -2.48. The predicted molar refractivity (Wildman–Crippen MR) is 72.8 cm³/mol. The number of piperidine rings is 1. The SMILES string of the molecule is CC1(C(=O)O)CCCN(C(=O)c2cncc(Br)c2)C1. The van der Waals surface area contributed by atoms with Gasteiger partial charge in [0, 0.05) is 30.0 Å². The van der Waals surface area contributed by atoms with Crippen molar-refractivity contribution in [2.45, 2.75) is 19.8 Å². The Bertz CT molecular complexity index is 520. The van der Waals surface area contributed by atoms with Crippen LogP contribution in [0, 0.1) is 5.41 Å². The van der Waals surface area contributed by atoms with Crippen LogP contribution in [-0.4, -0.2) is 40.0 Å². The number of hydrogen-bond donors (Lipinski definition) is 1. The van der Waals surface area contributed by atoms with Crippen LogP contribution in [0.5, 0.6) is 0 Å². The molecule has 19 heavy (non-hydrogen) atoms. The maximum Gasteiger partial charge on any atom is 0.311 e. The summed E-state index contributed by atoms with van der Waals surface area (Å²) in [4.78, 5) is 29.2. The Morgan fingerprint density at radius 2 is 2.21 bits per heavy atom. The van der Waals surface area contributed by atoms with Gasteiger partial charge in [0.1, 0.15) is 0 Å². The number of halogens is 1. The molecule has 2 heterocycles. The van der Waals surface area contributed by atoms with E-state index in [0.29, 0.717) is 24.9 Å². The van der Waals surface area contributed by atoms with Crippen LogP contribution in [0.1, 0.15) is 30.1 Å². The second-order valence-corrected chi connectivity index (χ2v) is 6.00. The minimum atomic E-state index is -0.854. The third-order valence-corrected chi connectivity index (χ3v) is 3.89. The fraction of sp³-hybridized carbons (Fsp3) is 0.462. The monoisotopic (exact) mass is 326 g/mol. The van der Waals surface area contributed by atoms with E-state index < -0.39 is 11.4 Å². The Labute approximate surface area is 119 Å². The second kappa shape index (κ2) is 5.28. The average molecular weight is 327 g/mol. The zero-order chi connectivity index (χ0) is 14.0. The Morgan fingerprint density at radius 1 is 1.47 bits per heavy atom. The largest absolute Gasteiger partial charge is 0.481 e. The molecule has 1 N–H and O–H groups in total. The summed E-state index contributed by atoms with van der Waals surface area (Å²) in [5.74, 6) is -1.02. The van der Waals surface area contributed by atoms with Gasteiger partial charge in [0.05, 0.1) is 11.0 Å². The summed E-state index contributed by atoms with van der Waals surface area (Å²) < 4.78 is 0.733. The molecule has 0 radical (unpaired) electrons. The third kappa shape index (κ3) is 2.94. The number of aliphatic carboxylic acids is 1. The number of likely N-dealkylation sites (tertiary alicyclic amines) is 1. The van der Waals surface area contributed by atoms with Crippen molar-refractivity contribution in [3.8, 4) is 0 Å². The van der Waals surface area contributed by atoms with E-state index >= 15 is 0 Å². The van der Waals surface area contributed by atoms with Crippen LogP contribution in [0.2, 0.25) is 0 Å². The Hall–Kier alpha value is -1.43. The molecule has 6 heteroatoms. The number of pyridine rings is 1. The summed E-state index contributed by atoms with van der Waals surface area (Å²) in [5.41, 5.74) is -0.378. The molecule has 5 nitrogen and oxygen atoms in total. The van der Waals surface area contributed by atoms with Crippen LogP contribution in [-0.2, 0) is 4.79 Å². The normalized spacial score (nSPS) is 23.2. The topological polar surface area (TPSA) is 70.5 Å². The van der Waals surface area contributed by atoms with E-state index in [-0.39, 0.29) is 12.5 Å². The highest BCUT2D eigenvalue weighted by molar-refractivity contribution is 9.10. The third-order valence-electron chi connectivity index (χ3n) is 3.45. The first-order chi connectivity index (χ1) is 8.92. The van der Waals surface area contributed by atoms with Crippen molar-refractivity contribution in [1.82, 2.24) is 9.88 Å². The molecule has 1 amide bonds. The summed E-state index contributed by atoms with van der Waals surface area (Å²) in [6, 6.07) is 1.70. The number of carboxylic acid groups (broad SMARTS) is 1. The van der Waals surface area contributed by atoms with Crippen LogP contribution in [0.25, 0.3) is 0 Å². The summed E-state index contributed by atoms with van der Waals surface area (Å²) >= 11 is 3.27. The molecular formula is C13H15BrN2O3. The highest BCUT2D eigenvalue weighted by Gasteiger charge is 2.39. The van der Waals surface area contributed by atoms with Crippen LogP contribution < -0.4 is 0 Å². The number of hydrogen-bond acceptors (Lipinski definition) is 3. The zero-order valence-corrected chi connectivity index (χ0v) is 12.2. The van der Waals surface area contributed by atoms with Crippen molar-refractivity contribution in [2.75, 3.05) is 13.1 Å². The molecule has 1 aromatic rings. The molecule has 102 valence electrons. The summed E-state index contributed by atoms with van der Waals surface area (Å²) in [6.45, 7) is 2.52. The van der Waals surface area contributed by atoms with Gasteiger partial charge in [-0.25, -0.2) is 0 Å². The number of rotatable bonds is 2. The van der Waals surface area contributed by atoms with Gasteiger partial charge in [-0.05, 0) is 41.8 Å². The Kier molecular flexibility index (Phi) is 3.89. The molecule has 1 aliphatic rings. The fourth-order valence-corrected chi connectivity index (χ4v) is 2.66. The number of nitrogens with zero attached hydrogens (tertiary/aromatic N) is 2. The molecule has 0 aliphatic carbocycles. The second-order valence-electron chi connectivity index (χ2n) is 5.09. The molecular weight excluding hydrogens is 312 g/mol. The first kappa shape index (κ1) is 14.0. The van der Waals surface area contributed by atoms with Crippen LogP contribution in [0.15, 0.2) is 22.9 Å². The van der Waals surface area contributed by atoms with E-state index in [1.807, 2.05) is 0 Å². The van der Waals surface area contributed by atoms with E-state index in [0.717, 1.165) is 4.47 Å². The summed E-state index contributed by atoms with van der Waals surface area (Å²) in [7, 11) is 0. The van der Waals surface area contributed by atoms with Gasteiger partial charge in [-0.2, -0.15) is 0 Å². The lowest BCUT2D eigenvalue weighted by molar-refractivity contribution is -0.150. The van der Waals surface area contributed by atoms with Crippen LogP contribution >= 0.6 is 15.9 Å². The van der Waals surface area contributed by atoms with Gasteiger partial charge < -0.3 is 10.0 Å². The van der Waals surface area contributed by atoms with Gasteiger partial charge in [-0.3, -0.25) is 14.6 Å². The Morgan fingerprint density at radius 3 is 2.84 bits per heavy atom. The number of amides is 1. The van der Waals surface area contributed by atoms with Gasteiger partial charge in [0.2, 0.25) is 0 Å². The van der Waals surface area contributed by atoms with Crippen molar-refractivity contribution in [3.05, 3.63) is 28.5 Å². The zero-order valence-electron chi connectivity index (χ0n) is 10.6. The maximum absolute atomic E-state index is 12.3. The number of carbonyl (C=O) groups is 2. The minimum Gasteiger partial charge on any atom is -0.481 e. The van der Waals surface area contributed by atoms with Crippen molar-refractivity contribution >= 4 is 27.8 Å². The van der Waals surface area contributed by atoms with Crippen molar-refractivity contribution in [1.29, 1.82) is 0 Å². The lowest BCUT2D eigenvalue weighted by atomic mass is 9.82. The minimum absolute atomic E-state index is 0.166. The molecule has 0 bridgehead atoms. The van der Waals surface area contributed by atoms with Crippen molar-refractivity contribution in [2.24, 2.45) is 5.41 Å². The highest BCUT2D eigenvalue weighted by Crippen LogP contribution is 2.30. The molecule has 0 spiro atoms. The number of aromatic nitrogens is 1. The molecule has 1 fully saturated rings. The van der Waals surface area contributed by atoms with E-state index in [4.69, 9.17) is 0 Å². The smallest absolute Gasteiger partial charge is 0.311 e. The standard InChI is InChI=1S/C13H15BrN2O3/c1-13(12(18)19)3-2-4-16(8-13)11(17)9-5-10(14)7-15-6-9/h5-7H,2-4,8H2,1H3,(H,18,19). The Balaban J connectivity index is 2.18. The summed E-state index contributed by atoms with van der Waals surface area (Å²) in [6.07, 6.45) is 4.41. The number of carboxylic acids is 1. The molecule has 1 saturated heterocycles. The molecule has 2 rings (SSSR count). The lowest BCUT2D eigenvalue weighted by Gasteiger charge is -2.37. The van der Waals surface area contributed by atoms with E-state index in [2.05, 4.69) is 20.9 Å². The maximum atomic E-state index is 12.3. The first-order valence-electron chi connectivity index (χ1n) is 6.06. The van der Waals surface area contributed by atoms with Gasteiger partial charge >= 0.3 is 5.97 Å². The average Bonchev–Trinajstić information content (AvgIpc) is 2.38. The molecule has 1 atom stereocenters. The molecule has 0 aromatic carbocycles. The molecule has 1 unspecified atom stereocenters. The van der Waals surface area contributed by atoms with Crippen molar-refractivity contribution in [3.63, 3.8) is 0 Å². The molecule has 1 aliphatic heterocycles. The van der Waals surface area contributed by atoms with Gasteiger partial charge in [0.15, 0.2) is 0 Å². The van der Waals surface area contributed by atoms with Crippen molar-refractivity contribution < 1.29 is 14.7 Å². The number of carbonyl (C=O) groups excluding carboxylic acids is 1. The van der Waals surface area contributed by atoms with Gasteiger partial charge in [-0.15, -0.1) is 0 Å². The molecule has 0 saturated carbocycles.